The Bertz CT molecular complexity index is 807. The molecule has 0 saturated carbocycles. The van der Waals surface area contributed by atoms with E-state index < -0.39 is 15.6 Å². The Balaban J connectivity index is 1.97. The van der Waals surface area contributed by atoms with E-state index in [9.17, 15) is 18.5 Å². The summed E-state index contributed by atoms with van der Waals surface area (Å²) in [4.78, 5) is 12.4. The number of hydrogen-bond acceptors (Lipinski definition) is 5. The highest BCUT2D eigenvalue weighted by Gasteiger charge is 2.29. The van der Waals surface area contributed by atoms with Crippen molar-refractivity contribution in [1.29, 1.82) is 5.26 Å². The van der Waals surface area contributed by atoms with Crippen LogP contribution in [0.3, 0.4) is 0 Å². The Hall–Kier alpha value is -2.11. The molecule has 8 heteroatoms. The third-order valence-electron chi connectivity index (χ3n) is 5.30. The molecule has 1 amide bonds. The van der Waals surface area contributed by atoms with E-state index >= 15 is 0 Å². The van der Waals surface area contributed by atoms with Crippen LogP contribution in [0.15, 0.2) is 29.2 Å². The maximum absolute atomic E-state index is 12.8. The van der Waals surface area contributed by atoms with Crippen molar-refractivity contribution >= 4 is 21.6 Å². The van der Waals surface area contributed by atoms with Crippen LogP contribution in [0, 0.1) is 17.2 Å². The number of rotatable bonds is 7. The summed E-state index contributed by atoms with van der Waals surface area (Å²) in [6.07, 6.45) is 3.93. The zero-order valence-corrected chi connectivity index (χ0v) is 17.7. The lowest BCUT2D eigenvalue weighted by atomic mass is 9.90. The number of hydrogen-bond donors (Lipinski definition) is 2. The lowest BCUT2D eigenvalue weighted by Crippen LogP contribution is -2.50. The molecule has 0 aliphatic carbocycles. The second-order valence-electron chi connectivity index (χ2n) is 7.71. The summed E-state index contributed by atoms with van der Waals surface area (Å²) in [5, 5.41) is 15.0. The first-order valence-electron chi connectivity index (χ1n) is 9.75. The minimum absolute atomic E-state index is 0.00219. The van der Waals surface area contributed by atoms with Gasteiger partial charge in [0.25, 0.3) is 0 Å². The Morgan fingerprint density at radius 3 is 2.25 bits per heavy atom. The molecule has 1 aliphatic heterocycles. The standard InChI is InChI=1S/C20H30N4O3S/c1-16(2)20(3,15-21)23-19(25)14-22-17-8-10-18(11-9-17)28(26,27)24-12-6-4-5-7-13-24/h8-11,16,22H,4-7,12-14H2,1-3H3,(H,23,25). The average Bonchev–Trinajstić information content (AvgIpc) is 2.96. The summed E-state index contributed by atoms with van der Waals surface area (Å²) in [5.41, 5.74) is -0.280. The number of nitrogens with one attached hydrogen (secondary N) is 2. The first-order valence-corrected chi connectivity index (χ1v) is 11.2. The van der Waals surface area contributed by atoms with Gasteiger partial charge >= 0.3 is 0 Å². The summed E-state index contributed by atoms with van der Waals surface area (Å²) in [6.45, 7) is 6.58. The van der Waals surface area contributed by atoms with Crippen molar-refractivity contribution < 1.29 is 13.2 Å². The van der Waals surface area contributed by atoms with Crippen LogP contribution >= 0.6 is 0 Å². The number of nitriles is 1. The number of amides is 1. The van der Waals surface area contributed by atoms with Crippen LogP contribution in [0.2, 0.25) is 0 Å². The lowest BCUT2D eigenvalue weighted by molar-refractivity contribution is -0.121. The van der Waals surface area contributed by atoms with Crippen molar-refractivity contribution in [2.24, 2.45) is 5.92 Å². The van der Waals surface area contributed by atoms with Gasteiger partial charge in [-0.05, 0) is 49.9 Å². The molecule has 1 aliphatic rings. The van der Waals surface area contributed by atoms with E-state index in [1.807, 2.05) is 13.8 Å². The van der Waals surface area contributed by atoms with Gasteiger partial charge in [-0.3, -0.25) is 4.79 Å². The normalized spacial score (nSPS) is 18.0. The van der Waals surface area contributed by atoms with Crippen LogP contribution in [0.25, 0.3) is 0 Å². The molecular formula is C20H30N4O3S. The van der Waals surface area contributed by atoms with Gasteiger partial charge in [-0.1, -0.05) is 26.7 Å². The molecule has 1 atom stereocenters. The Kier molecular flexibility index (Phi) is 7.44. The monoisotopic (exact) mass is 406 g/mol. The van der Waals surface area contributed by atoms with Crippen LogP contribution in [0.5, 0.6) is 0 Å². The number of sulfonamides is 1. The molecule has 1 heterocycles. The van der Waals surface area contributed by atoms with Crippen LogP contribution in [0.1, 0.15) is 46.5 Å². The second-order valence-corrected chi connectivity index (χ2v) is 9.65. The highest BCUT2D eigenvalue weighted by Crippen LogP contribution is 2.22. The fourth-order valence-electron chi connectivity index (χ4n) is 2.99. The van der Waals surface area contributed by atoms with Crippen molar-refractivity contribution in [2.75, 3.05) is 25.0 Å². The number of nitrogens with zero attached hydrogens (tertiary/aromatic N) is 2. The maximum atomic E-state index is 12.8. The number of anilines is 1. The molecule has 1 saturated heterocycles. The van der Waals surface area contributed by atoms with Gasteiger partial charge in [0.2, 0.25) is 15.9 Å². The topological polar surface area (TPSA) is 102 Å². The van der Waals surface area contributed by atoms with E-state index in [1.165, 1.54) is 0 Å². The summed E-state index contributed by atoms with van der Waals surface area (Å²) in [6, 6.07) is 8.58. The van der Waals surface area contributed by atoms with Crippen molar-refractivity contribution in [3.63, 3.8) is 0 Å². The van der Waals surface area contributed by atoms with E-state index in [-0.39, 0.29) is 23.3 Å². The van der Waals surface area contributed by atoms with Crippen molar-refractivity contribution in [3.8, 4) is 6.07 Å². The van der Waals surface area contributed by atoms with E-state index in [0.29, 0.717) is 18.8 Å². The van der Waals surface area contributed by atoms with Gasteiger partial charge in [0.05, 0.1) is 17.5 Å². The largest absolute Gasteiger partial charge is 0.376 e. The van der Waals surface area contributed by atoms with Crippen LogP contribution in [-0.4, -0.2) is 43.8 Å². The highest BCUT2D eigenvalue weighted by atomic mass is 32.2. The highest BCUT2D eigenvalue weighted by molar-refractivity contribution is 7.89. The van der Waals surface area contributed by atoms with Gasteiger partial charge in [-0.25, -0.2) is 8.42 Å². The molecule has 7 nitrogen and oxygen atoms in total. The third kappa shape index (κ3) is 5.46. The van der Waals surface area contributed by atoms with Gasteiger partial charge in [0.1, 0.15) is 5.54 Å². The fourth-order valence-corrected chi connectivity index (χ4v) is 4.51. The summed E-state index contributed by atoms with van der Waals surface area (Å²) in [7, 11) is -3.48. The van der Waals surface area contributed by atoms with E-state index in [2.05, 4.69) is 16.7 Å². The quantitative estimate of drug-likeness (QED) is 0.725. The molecule has 0 aromatic heterocycles. The van der Waals surface area contributed by atoms with Gasteiger partial charge in [-0.15, -0.1) is 0 Å². The van der Waals surface area contributed by atoms with E-state index in [4.69, 9.17) is 0 Å². The van der Waals surface area contributed by atoms with Crippen LogP contribution < -0.4 is 10.6 Å². The third-order valence-corrected chi connectivity index (χ3v) is 7.21. The molecule has 1 unspecified atom stereocenters. The molecule has 0 spiro atoms. The lowest BCUT2D eigenvalue weighted by Gasteiger charge is -2.27. The molecule has 154 valence electrons. The van der Waals surface area contributed by atoms with Gasteiger partial charge in [-0.2, -0.15) is 9.57 Å². The molecular weight excluding hydrogens is 376 g/mol. The SMILES string of the molecule is CC(C)C(C)(C#N)NC(=O)CNc1ccc(S(=O)(=O)N2CCCCCC2)cc1. The molecule has 1 fully saturated rings. The average molecular weight is 407 g/mol. The summed E-state index contributed by atoms with van der Waals surface area (Å²) >= 11 is 0. The first kappa shape index (κ1) is 22.2. The molecule has 0 bridgehead atoms. The summed E-state index contributed by atoms with van der Waals surface area (Å²) < 4.78 is 27.1. The number of benzene rings is 1. The predicted octanol–water partition coefficient (Wildman–Crippen LogP) is 2.72. The smallest absolute Gasteiger partial charge is 0.243 e. The van der Waals surface area contributed by atoms with E-state index in [1.54, 1.807) is 35.5 Å². The van der Waals surface area contributed by atoms with E-state index in [0.717, 1.165) is 25.7 Å². The molecule has 1 aromatic carbocycles. The van der Waals surface area contributed by atoms with Gasteiger partial charge in [0, 0.05) is 18.8 Å². The minimum atomic E-state index is -3.48. The molecule has 1 aromatic rings. The molecule has 28 heavy (non-hydrogen) atoms. The molecule has 0 radical (unpaired) electrons. The maximum Gasteiger partial charge on any atom is 0.243 e. The number of carbonyl (C=O) groups is 1. The molecule has 2 rings (SSSR count). The van der Waals surface area contributed by atoms with Crippen molar-refractivity contribution in [2.45, 2.75) is 56.9 Å². The van der Waals surface area contributed by atoms with Crippen molar-refractivity contribution in [3.05, 3.63) is 24.3 Å². The fraction of sp³-hybridized carbons (Fsp3) is 0.600. The second kappa shape index (κ2) is 9.39. The summed E-state index contributed by atoms with van der Waals surface area (Å²) in [5.74, 6) is -0.316. The van der Waals surface area contributed by atoms with Crippen LogP contribution in [0.4, 0.5) is 5.69 Å². The Morgan fingerprint density at radius 1 is 1.18 bits per heavy atom. The zero-order valence-electron chi connectivity index (χ0n) is 16.9. The Morgan fingerprint density at radius 2 is 1.75 bits per heavy atom. The van der Waals surface area contributed by atoms with Crippen molar-refractivity contribution in [1.82, 2.24) is 9.62 Å². The zero-order chi connectivity index (χ0) is 20.8. The van der Waals surface area contributed by atoms with Gasteiger partial charge in [0.15, 0.2) is 0 Å². The van der Waals surface area contributed by atoms with Gasteiger partial charge < -0.3 is 10.6 Å². The van der Waals surface area contributed by atoms with Crippen LogP contribution in [-0.2, 0) is 14.8 Å². The predicted molar refractivity (Wildman–Crippen MR) is 109 cm³/mol. The first-order chi connectivity index (χ1) is 13.2. The Labute approximate surface area is 168 Å². The molecule has 2 N–H and O–H groups in total. The minimum Gasteiger partial charge on any atom is -0.376 e. The number of carbonyl (C=O) groups excluding carboxylic acids is 1.